The van der Waals surface area contributed by atoms with Crippen LogP contribution in [0.4, 0.5) is 5.69 Å². The largest absolute Gasteiger partial charge is 0.463 e. The number of amides is 2. The van der Waals surface area contributed by atoms with Crippen LogP contribution in [0, 0.1) is 0 Å². The van der Waals surface area contributed by atoms with Gasteiger partial charge in [-0.3, -0.25) is 9.59 Å². The van der Waals surface area contributed by atoms with Crippen LogP contribution in [0.15, 0.2) is 18.2 Å². The lowest BCUT2D eigenvalue weighted by Gasteiger charge is -2.31. The third-order valence-corrected chi connectivity index (χ3v) is 3.99. The molecular weight excluding hydrogens is 450 g/mol. The molecule has 12 nitrogen and oxygen atoms in total. The summed E-state index contributed by atoms with van der Waals surface area (Å²) in [5.41, 5.74) is 0.843. The maximum Gasteiger partial charge on any atom is 0.243 e. The SMILES string of the molecule is CC.CNCC(=O)NCC(=O)Nc1ccc(CO)cc1OC1CC(O)CC(C=O)O1.CO.CO. The fraction of sp³-hybridized carbons (Fsp3) is 0.591. The van der Waals surface area contributed by atoms with Gasteiger partial charge in [0.2, 0.25) is 18.1 Å². The van der Waals surface area contributed by atoms with Crippen molar-refractivity contribution in [1.29, 1.82) is 0 Å². The Morgan fingerprint density at radius 3 is 2.32 bits per heavy atom. The molecule has 1 saturated heterocycles. The predicted molar refractivity (Wildman–Crippen MR) is 126 cm³/mol. The fourth-order valence-corrected chi connectivity index (χ4v) is 2.66. The van der Waals surface area contributed by atoms with Crippen LogP contribution >= 0.6 is 0 Å². The number of ether oxygens (including phenoxy) is 2. The highest BCUT2D eigenvalue weighted by Crippen LogP contribution is 2.30. The van der Waals surface area contributed by atoms with Gasteiger partial charge in [-0.25, -0.2) is 0 Å². The second kappa shape index (κ2) is 21.0. The second-order valence-electron chi connectivity index (χ2n) is 6.33. The minimum absolute atomic E-state index is 0.0894. The molecule has 1 aromatic carbocycles. The summed E-state index contributed by atoms with van der Waals surface area (Å²) in [6.07, 6.45) is -1.49. The number of nitrogens with one attached hydrogen (secondary N) is 3. The number of carbonyl (C=O) groups excluding carboxylic acids is 3. The second-order valence-corrected chi connectivity index (χ2v) is 6.33. The summed E-state index contributed by atoms with van der Waals surface area (Å²) in [6, 6.07) is 4.67. The molecule has 0 aliphatic carbocycles. The molecule has 2 amide bonds. The van der Waals surface area contributed by atoms with Gasteiger partial charge in [-0.2, -0.15) is 0 Å². The van der Waals surface area contributed by atoms with Crippen molar-refractivity contribution in [3.05, 3.63) is 23.8 Å². The van der Waals surface area contributed by atoms with Gasteiger partial charge in [0.1, 0.15) is 18.1 Å². The zero-order valence-corrected chi connectivity index (χ0v) is 20.4. The van der Waals surface area contributed by atoms with Crippen LogP contribution in [0.25, 0.3) is 0 Å². The van der Waals surface area contributed by atoms with E-state index in [0.29, 0.717) is 17.5 Å². The van der Waals surface area contributed by atoms with E-state index in [-0.39, 0.29) is 44.2 Å². The monoisotopic (exact) mass is 489 g/mol. The van der Waals surface area contributed by atoms with E-state index < -0.39 is 24.4 Å². The number of aldehydes is 1. The summed E-state index contributed by atoms with van der Waals surface area (Å²) < 4.78 is 11.2. The van der Waals surface area contributed by atoms with Gasteiger partial charge in [-0.05, 0) is 24.7 Å². The number of aliphatic hydroxyl groups is 4. The molecule has 34 heavy (non-hydrogen) atoms. The molecule has 1 aromatic rings. The molecule has 2 rings (SSSR count). The van der Waals surface area contributed by atoms with Gasteiger partial charge < -0.3 is 50.6 Å². The lowest BCUT2D eigenvalue weighted by atomic mass is 10.1. The average Bonchev–Trinajstić information content (AvgIpc) is 2.87. The maximum absolute atomic E-state index is 12.1. The number of aliphatic hydroxyl groups excluding tert-OH is 4. The minimum atomic E-state index is -0.890. The van der Waals surface area contributed by atoms with Crippen LogP contribution in [0.3, 0.4) is 0 Å². The van der Waals surface area contributed by atoms with Crippen LogP contribution < -0.4 is 20.7 Å². The van der Waals surface area contributed by atoms with Crippen molar-refractivity contribution in [1.82, 2.24) is 10.6 Å². The van der Waals surface area contributed by atoms with Crippen LogP contribution in [0.2, 0.25) is 0 Å². The summed E-state index contributed by atoms with van der Waals surface area (Å²) in [5.74, 6) is -0.583. The Morgan fingerprint density at radius 1 is 1.12 bits per heavy atom. The van der Waals surface area contributed by atoms with Gasteiger partial charge in [0, 0.05) is 27.1 Å². The number of likely N-dealkylation sites (N-methyl/N-ethyl adjacent to an activating group) is 1. The molecule has 0 spiro atoms. The van der Waals surface area contributed by atoms with E-state index in [1.807, 2.05) is 13.8 Å². The molecule has 0 saturated carbocycles. The van der Waals surface area contributed by atoms with Gasteiger partial charge in [-0.15, -0.1) is 0 Å². The zero-order chi connectivity index (χ0) is 26.5. The summed E-state index contributed by atoms with van der Waals surface area (Å²) in [5, 5.41) is 41.0. The van der Waals surface area contributed by atoms with Crippen LogP contribution in [0.5, 0.6) is 5.75 Å². The van der Waals surface area contributed by atoms with Gasteiger partial charge in [0.05, 0.1) is 31.5 Å². The number of benzene rings is 1. The first-order valence-electron chi connectivity index (χ1n) is 10.7. The molecule has 1 aliphatic rings. The zero-order valence-electron chi connectivity index (χ0n) is 20.4. The molecule has 1 fully saturated rings. The Labute approximate surface area is 200 Å². The first kappa shape index (κ1) is 33.6. The quantitative estimate of drug-likeness (QED) is 0.215. The summed E-state index contributed by atoms with van der Waals surface area (Å²) >= 11 is 0. The molecule has 0 aromatic heterocycles. The van der Waals surface area contributed by atoms with E-state index in [0.717, 1.165) is 14.2 Å². The van der Waals surface area contributed by atoms with Crippen molar-refractivity contribution >= 4 is 23.8 Å². The standard InChI is InChI=1S/C18H25N3O7.C2H6.2CH4O/c1-19-7-16(25)20-8-17(26)21-14-3-2-11(9-22)4-15(14)28-18-6-12(24)5-13(10-23)27-18;3*1-2/h2-4,10,12-13,18-19,22,24H,5-9H2,1H3,(H,20,25)(H,21,26);1-2H3;2*2H,1H3. The lowest BCUT2D eigenvalue weighted by Crippen LogP contribution is -2.39. The predicted octanol–water partition coefficient (Wildman–Crippen LogP) is -0.860. The molecule has 0 bridgehead atoms. The Morgan fingerprint density at radius 2 is 1.76 bits per heavy atom. The molecular formula is C22H39N3O9. The van der Waals surface area contributed by atoms with E-state index in [9.17, 15) is 24.6 Å². The van der Waals surface area contributed by atoms with Crippen LogP contribution in [-0.4, -0.2) is 91.4 Å². The molecule has 0 radical (unpaired) electrons. The highest BCUT2D eigenvalue weighted by atomic mass is 16.7. The average molecular weight is 490 g/mol. The van der Waals surface area contributed by atoms with Gasteiger partial charge in [-0.1, -0.05) is 19.9 Å². The number of hydrogen-bond donors (Lipinski definition) is 7. The molecule has 1 aliphatic heterocycles. The molecule has 3 unspecified atom stereocenters. The number of carbonyl (C=O) groups is 3. The molecule has 7 N–H and O–H groups in total. The first-order chi connectivity index (χ1) is 16.4. The van der Waals surface area contributed by atoms with Crippen molar-refractivity contribution in [2.75, 3.05) is 39.7 Å². The van der Waals surface area contributed by atoms with E-state index in [4.69, 9.17) is 19.7 Å². The number of hydrogen-bond acceptors (Lipinski definition) is 10. The number of rotatable bonds is 9. The van der Waals surface area contributed by atoms with E-state index in [1.165, 1.54) is 6.07 Å². The summed E-state index contributed by atoms with van der Waals surface area (Å²) in [4.78, 5) is 34.5. The van der Waals surface area contributed by atoms with Crippen molar-refractivity contribution in [2.24, 2.45) is 0 Å². The van der Waals surface area contributed by atoms with E-state index >= 15 is 0 Å². The summed E-state index contributed by atoms with van der Waals surface area (Å²) in [7, 11) is 3.62. The fourth-order valence-electron chi connectivity index (χ4n) is 2.66. The van der Waals surface area contributed by atoms with Crippen molar-refractivity contribution in [2.45, 2.75) is 51.8 Å². The highest BCUT2D eigenvalue weighted by Gasteiger charge is 2.30. The highest BCUT2D eigenvalue weighted by molar-refractivity contribution is 5.95. The lowest BCUT2D eigenvalue weighted by molar-refractivity contribution is -0.175. The molecule has 12 heteroatoms. The van der Waals surface area contributed by atoms with Gasteiger partial charge in [0.15, 0.2) is 0 Å². The van der Waals surface area contributed by atoms with E-state index in [1.54, 1.807) is 19.2 Å². The Kier molecular flexibility index (Phi) is 20.7. The van der Waals surface area contributed by atoms with E-state index in [2.05, 4.69) is 16.0 Å². The molecule has 196 valence electrons. The van der Waals surface area contributed by atoms with Crippen LogP contribution in [0.1, 0.15) is 32.3 Å². The van der Waals surface area contributed by atoms with Crippen molar-refractivity contribution in [3.8, 4) is 5.75 Å². The third-order valence-electron chi connectivity index (χ3n) is 3.99. The van der Waals surface area contributed by atoms with Gasteiger partial charge >= 0.3 is 0 Å². The Bertz CT molecular complexity index is 704. The topological polar surface area (TPSA) is 187 Å². The van der Waals surface area contributed by atoms with Crippen molar-refractivity contribution in [3.63, 3.8) is 0 Å². The van der Waals surface area contributed by atoms with Gasteiger partial charge in [0.25, 0.3) is 0 Å². The number of anilines is 1. The first-order valence-corrected chi connectivity index (χ1v) is 10.7. The third kappa shape index (κ3) is 13.2. The molecule has 1 heterocycles. The van der Waals surface area contributed by atoms with Crippen LogP contribution in [-0.2, 0) is 25.7 Å². The molecule has 3 atom stereocenters. The summed E-state index contributed by atoms with van der Waals surface area (Å²) in [6.45, 7) is 3.62. The normalized spacial score (nSPS) is 18.3. The Balaban J connectivity index is 0. The maximum atomic E-state index is 12.1. The smallest absolute Gasteiger partial charge is 0.243 e. The van der Waals surface area contributed by atoms with Crippen molar-refractivity contribution < 1.29 is 44.3 Å². The minimum Gasteiger partial charge on any atom is -0.463 e. The Hall–Kier alpha value is -2.61.